The minimum Gasteiger partial charge on any atom is -0.488 e. The van der Waals surface area contributed by atoms with Crippen LogP contribution >= 0.6 is 0 Å². The summed E-state index contributed by atoms with van der Waals surface area (Å²) in [5, 5.41) is 3.12. The van der Waals surface area contributed by atoms with Crippen LogP contribution in [0, 0.1) is 11.6 Å². The van der Waals surface area contributed by atoms with Crippen molar-refractivity contribution in [1.29, 1.82) is 0 Å². The Balaban J connectivity index is 1.58. The van der Waals surface area contributed by atoms with Crippen LogP contribution in [-0.2, 0) is 9.59 Å². The van der Waals surface area contributed by atoms with Crippen molar-refractivity contribution >= 4 is 23.6 Å². The van der Waals surface area contributed by atoms with Crippen molar-refractivity contribution in [2.45, 2.75) is 44.2 Å². The zero-order chi connectivity index (χ0) is 25.8. The van der Waals surface area contributed by atoms with E-state index in [2.05, 4.69) is 5.32 Å². The Morgan fingerprint density at radius 2 is 1.51 bits per heavy atom. The third-order valence-corrected chi connectivity index (χ3v) is 6.87. The summed E-state index contributed by atoms with van der Waals surface area (Å²) in [5.74, 6) is -1.06. The van der Waals surface area contributed by atoms with Gasteiger partial charge in [0.25, 0.3) is 5.91 Å². The van der Waals surface area contributed by atoms with Gasteiger partial charge in [0.15, 0.2) is 0 Å². The lowest BCUT2D eigenvalue weighted by atomic mass is 9.94. The summed E-state index contributed by atoms with van der Waals surface area (Å²) in [7, 11) is 0. The molecule has 5 nitrogen and oxygen atoms in total. The van der Waals surface area contributed by atoms with E-state index in [9.17, 15) is 18.4 Å². The minimum absolute atomic E-state index is 0.00141. The molecule has 2 amide bonds. The van der Waals surface area contributed by atoms with E-state index >= 15 is 0 Å². The van der Waals surface area contributed by atoms with Crippen molar-refractivity contribution in [3.63, 3.8) is 0 Å². The largest absolute Gasteiger partial charge is 0.488 e. The highest BCUT2D eigenvalue weighted by molar-refractivity contribution is 6.12. The molecule has 0 spiro atoms. The average molecular weight is 503 g/mol. The molecule has 0 radical (unpaired) electrons. The first-order valence-electron chi connectivity index (χ1n) is 12.6. The summed E-state index contributed by atoms with van der Waals surface area (Å²) in [6.07, 6.45) is 6.65. The van der Waals surface area contributed by atoms with Crippen molar-refractivity contribution in [2.24, 2.45) is 0 Å². The molecule has 3 aromatic carbocycles. The Kier molecular flexibility index (Phi) is 7.30. The summed E-state index contributed by atoms with van der Waals surface area (Å²) < 4.78 is 33.5. The number of benzene rings is 3. The lowest BCUT2D eigenvalue weighted by Gasteiger charge is -2.34. The predicted octanol–water partition coefficient (Wildman–Crippen LogP) is 5.96. The second-order valence-corrected chi connectivity index (χ2v) is 9.45. The molecule has 1 saturated carbocycles. The van der Waals surface area contributed by atoms with E-state index in [4.69, 9.17) is 4.74 Å². The van der Waals surface area contributed by atoms with E-state index in [0.29, 0.717) is 22.6 Å². The third kappa shape index (κ3) is 5.56. The van der Waals surface area contributed by atoms with Crippen LogP contribution in [0.15, 0.2) is 78.4 Å². The van der Waals surface area contributed by atoms with Crippen molar-refractivity contribution in [3.05, 3.63) is 101 Å². The minimum atomic E-state index is -1.10. The molecular weight excluding hydrogens is 474 g/mol. The Morgan fingerprint density at radius 1 is 0.865 bits per heavy atom. The second kappa shape index (κ2) is 10.9. The first-order chi connectivity index (χ1) is 18.0. The summed E-state index contributed by atoms with van der Waals surface area (Å²) >= 11 is 0. The second-order valence-electron chi connectivity index (χ2n) is 9.45. The molecule has 7 heteroatoms. The van der Waals surface area contributed by atoms with E-state index in [-0.39, 0.29) is 18.6 Å². The number of amides is 2. The topological polar surface area (TPSA) is 58.6 Å². The molecule has 1 fully saturated rings. The molecule has 1 N–H and O–H groups in total. The van der Waals surface area contributed by atoms with Crippen LogP contribution in [-0.4, -0.2) is 24.5 Å². The fraction of sp³-hybridized carbons (Fsp3) is 0.267. The Morgan fingerprint density at radius 3 is 2.22 bits per heavy atom. The lowest BCUT2D eigenvalue weighted by Crippen LogP contribution is -2.48. The van der Waals surface area contributed by atoms with Gasteiger partial charge in [0, 0.05) is 17.3 Å². The van der Waals surface area contributed by atoms with Gasteiger partial charge in [0.2, 0.25) is 5.91 Å². The smallest absolute Gasteiger partial charge is 0.258 e. The maximum absolute atomic E-state index is 14.1. The molecule has 0 aromatic heterocycles. The van der Waals surface area contributed by atoms with Crippen molar-refractivity contribution in [3.8, 4) is 5.75 Å². The summed E-state index contributed by atoms with van der Waals surface area (Å²) in [6, 6.07) is 17.2. The van der Waals surface area contributed by atoms with Gasteiger partial charge >= 0.3 is 0 Å². The quantitative estimate of drug-likeness (QED) is 0.452. The van der Waals surface area contributed by atoms with Gasteiger partial charge in [0.1, 0.15) is 30.0 Å². The molecule has 1 aliphatic carbocycles. The fourth-order valence-electron chi connectivity index (χ4n) is 4.97. The molecule has 0 bridgehead atoms. The zero-order valence-corrected chi connectivity index (χ0v) is 20.3. The van der Waals surface area contributed by atoms with Crippen molar-refractivity contribution in [2.75, 3.05) is 11.5 Å². The number of fused-ring (bicyclic) bond motifs is 1. The number of nitrogens with zero attached hydrogens (tertiary/aromatic N) is 1. The SMILES string of the molecule is O=C(NC1CCCCC1)[C@@H](c1ccc(F)cc1)N(C(=O)C1=Cc2ccccc2OC1)c1ccc(F)cc1. The van der Waals surface area contributed by atoms with Gasteiger partial charge in [-0.2, -0.15) is 0 Å². The highest BCUT2D eigenvalue weighted by Gasteiger charge is 2.36. The highest BCUT2D eigenvalue weighted by atomic mass is 19.1. The maximum Gasteiger partial charge on any atom is 0.258 e. The van der Waals surface area contributed by atoms with Crippen LogP contribution in [0.2, 0.25) is 0 Å². The number of hydrogen-bond acceptors (Lipinski definition) is 3. The van der Waals surface area contributed by atoms with Crippen LogP contribution in [0.25, 0.3) is 6.08 Å². The average Bonchev–Trinajstić information content (AvgIpc) is 2.93. The number of carbonyl (C=O) groups is 2. The van der Waals surface area contributed by atoms with Gasteiger partial charge in [-0.05, 0) is 66.9 Å². The van der Waals surface area contributed by atoms with Crippen LogP contribution in [0.4, 0.5) is 14.5 Å². The number of halogens is 2. The van der Waals surface area contributed by atoms with Gasteiger partial charge in [-0.15, -0.1) is 0 Å². The number of nitrogens with one attached hydrogen (secondary N) is 1. The molecule has 0 unspecified atom stereocenters. The predicted molar refractivity (Wildman–Crippen MR) is 138 cm³/mol. The van der Waals surface area contributed by atoms with Gasteiger partial charge in [-0.3, -0.25) is 14.5 Å². The van der Waals surface area contributed by atoms with Crippen LogP contribution in [0.5, 0.6) is 5.75 Å². The molecule has 1 atom stereocenters. The number of rotatable bonds is 6. The molecule has 37 heavy (non-hydrogen) atoms. The molecule has 190 valence electrons. The Bertz CT molecular complexity index is 1300. The van der Waals surface area contributed by atoms with Crippen molar-refractivity contribution in [1.82, 2.24) is 5.32 Å². The van der Waals surface area contributed by atoms with Crippen LogP contribution < -0.4 is 15.0 Å². The molecule has 0 saturated heterocycles. The molecule has 2 aliphatic rings. The lowest BCUT2D eigenvalue weighted by molar-refractivity contribution is -0.126. The van der Waals surface area contributed by atoms with Gasteiger partial charge in [-0.1, -0.05) is 49.6 Å². The van der Waals surface area contributed by atoms with E-state index in [0.717, 1.165) is 37.7 Å². The standard InChI is InChI=1S/C30H28F2N2O3/c31-23-12-10-20(11-13-23)28(29(35)33-25-7-2-1-3-8-25)34(26-16-14-24(32)15-17-26)30(36)22-18-21-6-4-5-9-27(21)37-19-22/h4-6,9-18,25,28H,1-3,7-8,19H2,(H,33,35)/t28-/m1/s1. The van der Waals surface area contributed by atoms with Gasteiger partial charge in [0.05, 0.1) is 5.57 Å². The Hall–Kier alpha value is -4.00. The van der Waals surface area contributed by atoms with E-state index < -0.39 is 23.6 Å². The molecule has 1 heterocycles. The molecule has 1 aliphatic heterocycles. The van der Waals surface area contributed by atoms with Gasteiger partial charge < -0.3 is 10.1 Å². The molecular formula is C30H28F2N2O3. The zero-order valence-electron chi connectivity index (χ0n) is 20.3. The number of para-hydroxylation sites is 1. The van der Waals surface area contributed by atoms with E-state index in [1.165, 1.54) is 53.4 Å². The van der Waals surface area contributed by atoms with Crippen LogP contribution in [0.1, 0.15) is 49.3 Å². The first kappa shape index (κ1) is 24.7. The summed E-state index contributed by atoms with van der Waals surface area (Å²) in [6.45, 7) is 0.0217. The maximum atomic E-state index is 14.1. The van der Waals surface area contributed by atoms with Crippen molar-refractivity contribution < 1.29 is 23.1 Å². The highest BCUT2D eigenvalue weighted by Crippen LogP contribution is 2.33. The van der Waals surface area contributed by atoms with E-state index in [1.807, 2.05) is 24.3 Å². The van der Waals surface area contributed by atoms with E-state index in [1.54, 1.807) is 6.08 Å². The Labute approximate surface area is 214 Å². The van der Waals surface area contributed by atoms with Gasteiger partial charge in [-0.25, -0.2) is 8.78 Å². The number of anilines is 1. The summed E-state index contributed by atoms with van der Waals surface area (Å²) in [4.78, 5) is 29.3. The monoisotopic (exact) mass is 502 g/mol. The molecule has 3 aromatic rings. The summed E-state index contributed by atoms with van der Waals surface area (Å²) in [5.41, 5.74) is 1.89. The third-order valence-electron chi connectivity index (χ3n) is 6.87. The number of hydrogen-bond donors (Lipinski definition) is 1. The number of carbonyl (C=O) groups excluding carboxylic acids is 2. The molecule has 5 rings (SSSR count). The fourth-order valence-corrected chi connectivity index (χ4v) is 4.97. The first-order valence-corrected chi connectivity index (χ1v) is 12.6. The number of ether oxygens (including phenoxy) is 1. The normalized spacial score (nSPS) is 16.1. The van der Waals surface area contributed by atoms with Crippen LogP contribution in [0.3, 0.4) is 0 Å².